The van der Waals surface area contributed by atoms with E-state index < -0.39 is 0 Å². The summed E-state index contributed by atoms with van der Waals surface area (Å²) in [7, 11) is 0. The van der Waals surface area contributed by atoms with E-state index in [1.54, 1.807) is 29.8 Å². The number of hydrogen-bond donors (Lipinski definition) is 1. The number of carbonyl (C=O) groups is 1. The van der Waals surface area contributed by atoms with Crippen molar-refractivity contribution >= 4 is 51.4 Å². The minimum atomic E-state index is -0.303. The van der Waals surface area contributed by atoms with E-state index in [2.05, 4.69) is 34.3 Å². The number of aryl methyl sites for hydroxylation is 1. The van der Waals surface area contributed by atoms with Crippen LogP contribution in [-0.2, 0) is 4.74 Å². The third kappa shape index (κ3) is 4.45. The number of carbonyl (C=O) groups excluding carboxylic acids is 1. The van der Waals surface area contributed by atoms with Gasteiger partial charge in [0.2, 0.25) is 0 Å². The molecule has 0 unspecified atom stereocenters. The molecule has 0 aliphatic rings. The van der Waals surface area contributed by atoms with Gasteiger partial charge in [0.1, 0.15) is 17.0 Å². The Labute approximate surface area is 185 Å². The van der Waals surface area contributed by atoms with Crippen LogP contribution in [0, 0.1) is 6.92 Å². The highest BCUT2D eigenvalue weighted by atomic mass is 35.5. The van der Waals surface area contributed by atoms with Crippen molar-refractivity contribution in [1.29, 1.82) is 0 Å². The van der Waals surface area contributed by atoms with Gasteiger partial charge in [-0.1, -0.05) is 37.3 Å². The van der Waals surface area contributed by atoms with Crippen molar-refractivity contribution < 1.29 is 9.53 Å². The second-order valence-corrected chi connectivity index (χ2v) is 7.84. The number of nitrogens with zero attached hydrogens (tertiary/aromatic N) is 2. The van der Waals surface area contributed by atoms with Crippen LogP contribution in [0.5, 0.6) is 0 Å². The molecule has 2 heterocycles. The van der Waals surface area contributed by atoms with E-state index in [1.807, 2.05) is 37.3 Å². The second-order valence-electron chi connectivity index (χ2n) is 6.64. The number of hydrogen-bond acceptors (Lipinski definition) is 6. The van der Waals surface area contributed by atoms with Crippen LogP contribution in [0.1, 0.15) is 28.6 Å². The predicted octanol–water partition coefficient (Wildman–Crippen LogP) is 6.40. The highest BCUT2D eigenvalue weighted by Gasteiger charge is 2.17. The fourth-order valence-corrected chi connectivity index (χ4v) is 4.21. The van der Waals surface area contributed by atoms with Crippen molar-refractivity contribution in [1.82, 2.24) is 9.97 Å². The number of halogens is 1. The number of nitrogens with one attached hydrogen (secondary N) is 1. The molecule has 154 valence electrons. The molecular weight excluding hydrogens is 418 g/mol. The molecule has 1 N–H and O–H groups in total. The summed E-state index contributed by atoms with van der Waals surface area (Å²) in [6, 6.07) is 17.5. The first-order valence-electron chi connectivity index (χ1n) is 9.51. The predicted molar refractivity (Wildman–Crippen MR) is 125 cm³/mol. The number of rotatable bonds is 6. The Hall–Kier alpha value is -2.96. The van der Waals surface area contributed by atoms with Crippen molar-refractivity contribution in [2.75, 3.05) is 11.9 Å². The van der Waals surface area contributed by atoms with E-state index in [0.717, 1.165) is 39.3 Å². The Bertz CT molecular complexity index is 1140. The summed E-state index contributed by atoms with van der Waals surface area (Å²) in [6.07, 6.45) is 2.38. The number of fused-ring (bicyclic) bond motifs is 1. The van der Waals surface area contributed by atoms with Crippen LogP contribution in [0.25, 0.3) is 21.3 Å². The lowest BCUT2D eigenvalue weighted by atomic mass is 10.0. The Morgan fingerprint density at radius 2 is 1.80 bits per heavy atom. The molecule has 0 radical (unpaired) electrons. The van der Waals surface area contributed by atoms with E-state index in [0.29, 0.717) is 12.2 Å². The third-order valence-electron chi connectivity index (χ3n) is 4.55. The number of aromatic nitrogens is 2. The Morgan fingerprint density at radius 1 is 1.07 bits per heavy atom. The maximum atomic E-state index is 12.0. The molecule has 0 saturated heterocycles. The Morgan fingerprint density at radius 3 is 2.50 bits per heavy atom. The monoisotopic (exact) mass is 439 g/mol. The van der Waals surface area contributed by atoms with Gasteiger partial charge in [0.25, 0.3) is 0 Å². The average Bonchev–Trinajstić information content (AvgIpc) is 3.10. The van der Waals surface area contributed by atoms with Gasteiger partial charge in [-0.25, -0.2) is 14.8 Å². The molecule has 0 aliphatic carbocycles. The molecule has 0 fully saturated rings. The van der Waals surface area contributed by atoms with Gasteiger partial charge >= 0.3 is 5.97 Å². The summed E-state index contributed by atoms with van der Waals surface area (Å²) in [6.45, 7) is 4.51. The van der Waals surface area contributed by atoms with Crippen LogP contribution in [0.4, 0.5) is 11.5 Å². The molecule has 4 rings (SSSR count). The van der Waals surface area contributed by atoms with Gasteiger partial charge in [-0.05, 0) is 43.2 Å². The molecule has 0 amide bonds. The quantitative estimate of drug-likeness (QED) is 0.352. The van der Waals surface area contributed by atoms with E-state index in [-0.39, 0.29) is 18.4 Å². The first kappa shape index (κ1) is 21.7. The summed E-state index contributed by atoms with van der Waals surface area (Å²) in [5.74, 6) is 0.446. The fourth-order valence-electron chi connectivity index (χ4n) is 3.20. The summed E-state index contributed by atoms with van der Waals surface area (Å²) < 4.78 is 5.18. The highest BCUT2D eigenvalue weighted by Crippen LogP contribution is 2.40. The van der Waals surface area contributed by atoms with Crippen molar-refractivity contribution in [3.63, 3.8) is 0 Å². The normalized spacial score (nSPS) is 10.5. The van der Waals surface area contributed by atoms with Crippen molar-refractivity contribution in [3.8, 4) is 11.1 Å². The maximum Gasteiger partial charge on any atom is 0.338 e. The Kier molecular flexibility index (Phi) is 7.03. The van der Waals surface area contributed by atoms with Crippen LogP contribution in [-0.4, -0.2) is 22.5 Å². The second kappa shape index (κ2) is 9.69. The molecule has 30 heavy (non-hydrogen) atoms. The molecule has 5 nitrogen and oxygen atoms in total. The standard InChI is InChI=1S/C23H21N3O2S.ClH/c1-3-13-28-23(27)17-9-11-18(12-10-17)26-21-20-19(16-7-5-4-6-8-16)15(2)29-22(20)25-14-24-21;/h4-12,14H,3,13H2,1-2H3,(H,24,25,26);1H. The zero-order chi connectivity index (χ0) is 20.2. The summed E-state index contributed by atoms with van der Waals surface area (Å²) in [4.78, 5) is 23.1. The first-order chi connectivity index (χ1) is 14.2. The van der Waals surface area contributed by atoms with Gasteiger partial charge in [0.05, 0.1) is 17.6 Å². The smallest absolute Gasteiger partial charge is 0.338 e. The van der Waals surface area contributed by atoms with E-state index >= 15 is 0 Å². The molecular formula is C23H22ClN3O2S. The lowest BCUT2D eigenvalue weighted by molar-refractivity contribution is 0.0505. The molecule has 0 saturated carbocycles. The first-order valence-corrected chi connectivity index (χ1v) is 10.3. The largest absolute Gasteiger partial charge is 0.462 e. The molecule has 2 aromatic carbocycles. The van der Waals surface area contributed by atoms with E-state index in [1.165, 1.54) is 4.88 Å². The van der Waals surface area contributed by atoms with Gasteiger partial charge in [-0.2, -0.15) is 0 Å². The molecule has 0 bridgehead atoms. The SMILES string of the molecule is CCCOC(=O)c1ccc(Nc2ncnc3sc(C)c(-c4ccccc4)c23)cc1.Cl. The van der Waals surface area contributed by atoms with Crippen molar-refractivity contribution in [3.05, 3.63) is 71.4 Å². The number of benzene rings is 2. The fraction of sp³-hybridized carbons (Fsp3) is 0.174. The molecule has 0 aliphatic heterocycles. The molecule has 4 aromatic rings. The molecule has 0 atom stereocenters. The molecule has 7 heteroatoms. The Balaban J connectivity index is 0.00000256. The van der Waals surface area contributed by atoms with Gasteiger partial charge < -0.3 is 10.1 Å². The minimum Gasteiger partial charge on any atom is -0.462 e. The lowest BCUT2D eigenvalue weighted by Crippen LogP contribution is -2.05. The number of esters is 1. The van der Waals surface area contributed by atoms with Crippen LogP contribution < -0.4 is 5.32 Å². The third-order valence-corrected chi connectivity index (χ3v) is 5.56. The van der Waals surface area contributed by atoms with Crippen molar-refractivity contribution in [2.24, 2.45) is 0 Å². The van der Waals surface area contributed by atoms with E-state index in [4.69, 9.17) is 4.74 Å². The lowest BCUT2D eigenvalue weighted by Gasteiger charge is -2.10. The van der Waals surface area contributed by atoms with Crippen LogP contribution in [0.2, 0.25) is 0 Å². The average molecular weight is 440 g/mol. The van der Waals surface area contributed by atoms with Crippen LogP contribution >= 0.6 is 23.7 Å². The summed E-state index contributed by atoms with van der Waals surface area (Å²) >= 11 is 1.66. The summed E-state index contributed by atoms with van der Waals surface area (Å²) in [5.41, 5.74) is 3.67. The van der Waals surface area contributed by atoms with Gasteiger partial charge in [0.15, 0.2) is 0 Å². The van der Waals surface area contributed by atoms with Crippen LogP contribution in [0.15, 0.2) is 60.9 Å². The number of ether oxygens (including phenoxy) is 1. The van der Waals surface area contributed by atoms with Gasteiger partial charge in [-0.3, -0.25) is 0 Å². The van der Waals surface area contributed by atoms with Gasteiger partial charge in [0, 0.05) is 16.1 Å². The zero-order valence-corrected chi connectivity index (χ0v) is 18.3. The zero-order valence-electron chi connectivity index (χ0n) is 16.7. The molecule has 2 aromatic heterocycles. The summed E-state index contributed by atoms with van der Waals surface area (Å²) in [5, 5.41) is 4.39. The topological polar surface area (TPSA) is 64.1 Å². The maximum absolute atomic E-state index is 12.0. The number of thiophene rings is 1. The minimum absolute atomic E-state index is 0. The van der Waals surface area contributed by atoms with E-state index in [9.17, 15) is 4.79 Å². The number of anilines is 2. The van der Waals surface area contributed by atoms with Gasteiger partial charge in [-0.15, -0.1) is 23.7 Å². The molecule has 0 spiro atoms. The van der Waals surface area contributed by atoms with Crippen LogP contribution in [0.3, 0.4) is 0 Å². The van der Waals surface area contributed by atoms with Crippen molar-refractivity contribution in [2.45, 2.75) is 20.3 Å². The highest BCUT2D eigenvalue weighted by molar-refractivity contribution is 7.19.